The number of carbonyl (C=O) groups is 1. The van der Waals surface area contributed by atoms with Gasteiger partial charge in [0.25, 0.3) is 0 Å². The SMILES string of the molecule is NCCOCCn1cc([C@H]2C[C@@H]2C(=O)Nc2cc3cc(-c4c(Cl)cccc4Cl)nc(N)c3cn2)cn1. The minimum atomic E-state index is -0.131. The van der Waals surface area contributed by atoms with Gasteiger partial charge in [-0.25, -0.2) is 9.97 Å². The van der Waals surface area contributed by atoms with Crippen molar-refractivity contribution in [2.75, 3.05) is 30.8 Å². The quantitative estimate of drug-likeness (QED) is 0.280. The number of ether oxygens (including phenoxy) is 1. The summed E-state index contributed by atoms with van der Waals surface area (Å²) in [5.74, 6) is 0.665. The average molecular weight is 526 g/mol. The van der Waals surface area contributed by atoms with Gasteiger partial charge in [0.15, 0.2) is 0 Å². The van der Waals surface area contributed by atoms with Crippen LogP contribution in [0.1, 0.15) is 17.9 Å². The van der Waals surface area contributed by atoms with Crippen LogP contribution in [0.2, 0.25) is 10.0 Å². The Morgan fingerprint density at radius 2 is 2.00 bits per heavy atom. The van der Waals surface area contributed by atoms with Crippen molar-refractivity contribution < 1.29 is 9.53 Å². The fourth-order valence-electron chi connectivity index (χ4n) is 4.22. The van der Waals surface area contributed by atoms with Crippen molar-refractivity contribution in [1.29, 1.82) is 0 Å². The third-order valence-electron chi connectivity index (χ3n) is 6.15. The van der Waals surface area contributed by atoms with E-state index in [0.717, 1.165) is 17.4 Å². The Bertz CT molecular complexity index is 1400. The number of pyridine rings is 2. The molecule has 0 spiro atoms. The van der Waals surface area contributed by atoms with Crippen LogP contribution in [0.3, 0.4) is 0 Å². The number of nitrogen functional groups attached to an aromatic ring is 1. The molecule has 0 aliphatic heterocycles. The largest absolute Gasteiger partial charge is 0.383 e. The lowest BCUT2D eigenvalue weighted by molar-refractivity contribution is -0.117. The number of aromatic nitrogens is 4. The Kier molecular flexibility index (Phi) is 7.06. The predicted molar refractivity (Wildman–Crippen MR) is 141 cm³/mol. The number of hydrogen-bond acceptors (Lipinski definition) is 7. The molecule has 9 nitrogen and oxygen atoms in total. The van der Waals surface area contributed by atoms with Gasteiger partial charge >= 0.3 is 0 Å². The molecule has 3 aromatic heterocycles. The number of benzene rings is 1. The number of hydrogen-bond donors (Lipinski definition) is 3. The van der Waals surface area contributed by atoms with Gasteiger partial charge < -0.3 is 21.5 Å². The number of nitrogens with zero attached hydrogens (tertiary/aromatic N) is 4. The highest BCUT2D eigenvalue weighted by Gasteiger charge is 2.44. The number of fused-ring (bicyclic) bond motifs is 1. The Balaban J connectivity index is 1.28. The van der Waals surface area contributed by atoms with E-state index < -0.39 is 0 Å². The second-order valence-corrected chi connectivity index (χ2v) is 9.47. The van der Waals surface area contributed by atoms with E-state index in [1.807, 2.05) is 23.1 Å². The summed E-state index contributed by atoms with van der Waals surface area (Å²) in [6.45, 7) is 2.21. The van der Waals surface area contributed by atoms with Gasteiger partial charge in [0.05, 0.1) is 41.7 Å². The zero-order chi connectivity index (χ0) is 25.2. The van der Waals surface area contributed by atoms with Crippen LogP contribution in [0.15, 0.2) is 48.9 Å². The molecule has 0 bridgehead atoms. The van der Waals surface area contributed by atoms with E-state index in [-0.39, 0.29) is 17.7 Å². The summed E-state index contributed by atoms with van der Waals surface area (Å²) < 4.78 is 7.22. The molecule has 36 heavy (non-hydrogen) atoms. The number of nitrogens with one attached hydrogen (secondary N) is 1. The van der Waals surface area contributed by atoms with Crippen LogP contribution in [0.4, 0.5) is 11.6 Å². The van der Waals surface area contributed by atoms with Crippen molar-refractivity contribution >= 4 is 51.5 Å². The zero-order valence-corrected chi connectivity index (χ0v) is 20.8. The molecule has 1 fully saturated rings. The molecule has 1 aliphatic rings. The van der Waals surface area contributed by atoms with E-state index in [1.54, 1.807) is 30.5 Å². The minimum Gasteiger partial charge on any atom is -0.383 e. The van der Waals surface area contributed by atoms with Gasteiger partial charge in [-0.3, -0.25) is 9.48 Å². The molecule has 186 valence electrons. The van der Waals surface area contributed by atoms with Gasteiger partial charge in [0, 0.05) is 35.8 Å². The van der Waals surface area contributed by atoms with E-state index in [1.165, 1.54) is 0 Å². The fraction of sp³-hybridized carbons (Fsp3) is 0.280. The van der Waals surface area contributed by atoms with Gasteiger partial charge in [-0.05, 0) is 47.6 Å². The lowest BCUT2D eigenvalue weighted by atomic mass is 10.1. The van der Waals surface area contributed by atoms with Crippen molar-refractivity contribution in [3.8, 4) is 11.3 Å². The molecule has 1 aromatic carbocycles. The summed E-state index contributed by atoms with van der Waals surface area (Å²) in [5.41, 5.74) is 13.8. The van der Waals surface area contributed by atoms with Crippen LogP contribution in [0.5, 0.6) is 0 Å². The van der Waals surface area contributed by atoms with Crippen LogP contribution < -0.4 is 16.8 Å². The number of anilines is 2. The van der Waals surface area contributed by atoms with Crippen LogP contribution in [-0.2, 0) is 16.1 Å². The van der Waals surface area contributed by atoms with Crippen LogP contribution in [0.25, 0.3) is 22.0 Å². The number of nitrogens with two attached hydrogens (primary N) is 2. The molecule has 0 saturated heterocycles. The summed E-state index contributed by atoms with van der Waals surface area (Å²) in [5, 5.41) is 9.69. The molecule has 5 N–H and O–H groups in total. The van der Waals surface area contributed by atoms with Crippen LogP contribution >= 0.6 is 23.2 Å². The maximum atomic E-state index is 12.9. The van der Waals surface area contributed by atoms with Crippen molar-refractivity contribution in [3.05, 3.63) is 64.5 Å². The first-order valence-corrected chi connectivity index (χ1v) is 12.3. The molecule has 0 radical (unpaired) electrons. The Morgan fingerprint density at radius 3 is 2.78 bits per heavy atom. The van der Waals surface area contributed by atoms with Gasteiger partial charge in [0.1, 0.15) is 11.6 Å². The first-order chi connectivity index (χ1) is 17.4. The number of carbonyl (C=O) groups excluding carboxylic acids is 1. The van der Waals surface area contributed by atoms with Gasteiger partial charge in [0.2, 0.25) is 5.91 Å². The van der Waals surface area contributed by atoms with E-state index in [0.29, 0.717) is 64.6 Å². The minimum absolute atomic E-state index is 0.0812. The van der Waals surface area contributed by atoms with Crippen LogP contribution in [-0.4, -0.2) is 45.4 Å². The third-order valence-corrected chi connectivity index (χ3v) is 6.78. The summed E-state index contributed by atoms with van der Waals surface area (Å²) in [6, 6.07) is 8.87. The molecule has 1 aliphatic carbocycles. The van der Waals surface area contributed by atoms with Gasteiger partial charge in [-0.15, -0.1) is 0 Å². The highest BCUT2D eigenvalue weighted by atomic mass is 35.5. The summed E-state index contributed by atoms with van der Waals surface area (Å²) in [4.78, 5) is 21.7. The molecule has 11 heteroatoms. The van der Waals surface area contributed by atoms with Crippen molar-refractivity contribution in [2.24, 2.45) is 11.7 Å². The molecular weight excluding hydrogens is 501 g/mol. The first kappa shape index (κ1) is 24.5. The lowest BCUT2D eigenvalue weighted by Gasteiger charge is -2.11. The second kappa shape index (κ2) is 10.4. The van der Waals surface area contributed by atoms with Crippen molar-refractivity contribution in [3.63, 3.8) is 0 Å². The second-order valence-electron chi connectivity index (χ2n) is 8.66. The maximum absolute atomic E-state index is 12.9. The number of rotatable bonds is 9. The Hall–Kier alpha value is -3.24. The number of amides is 1. The topological polar surface area (TPSA) is 134 Å². The predicted octanol–water partition coefficient (Wildman–Crippen LogP) is 4.10. The van der Waals surface area contributed by atoms with E-state index in [2.05, 4.69) is 20.4 Å². The lowest BCUT2D eigenvalue weighted by Crippen LogP contribution is -2.15. The molecule has 4 aromatic rings. The third kappa shape index (κ3) is 5.15. The van der Waals surface area contributed by atoms with E-state index in [9.17, 15) is 4.79 Å². The molecule has 1 saturated carbocycles. The molecule has 3 heterocycles. The molecule has 0 unspecified atom stereocenters. The molecular formula is C25H25Cl2N7O2. The molecule has 1 amide bonds. The normalized spacial score (nSPS) is 16.9. The zero-order valence-electron chi connectivity index (χ0n) is 19.3. The van der Waals surface area contributed by atoms with Crippen LogP contribution in [0, 0.1) is 5.92 Å². The monoisotopic (exact) mass is 525 g/mol. The highest BCUT2D eigenvalue weighted by molar-refractivity contribution is 6.39. The summed E-state index contributed by atoms with van der Waals surface area (Å²) in [7, 11) is 0. The van der Waals surface area contributed by atoms with Gasteiger partial charge in [-0.2, -0.15) is 5.10 Å². The molecule has 5 rings (SSSR count). The fourth-order valence-corrected chi connectivity index (χ4v) is 4.81. The van der Waals surface area contributed by atoms with E-state index in [4.69, 9.17) is 39.4 Å². The summed E-state index contributed by atoms with van der Waals surface area (Å²) >= 11 is 12.7. The highest BCUT2D eigenvalue weighted by Crippen LogP contribution is 2.48. The Labute approximate surface area is 217 Å². The van der Waals surface area contributed by atoms with Gasteiger partial charge in [-0.1, -0.05) is 29.3 Å². The molecule has 2 atom stereocenters. The Morgan fingerprint density at radius 1 is 1.19 bits per heavy atom. The van der Waals surface area contributed by atoms with E-state index >= 15 is 0 Å². The average Bonchev–Trinajstić information content (AvgIpc) is 3.52. The summed E-state index contributed by atoms with van der Waals surface area (Å²) in [6.07, 6.45) is 6.15. The maximum Gasteiger partial charge on any atom is 0.229 e. The first-order valence-electron chi connectivity index (χ1n) is 11.6. The van der Waals surface area contributed by atoms with Crippen molar-refractivity contribution in [1.82, 2.24) is 19.7 Å². The standard InChI is InChI=1S/C25H25Cl2N7O2/c26-19-2-1-3-20(27)23(19)21-8-14-9-22(30-12-18(14)24(29)32-21)33-25(35)17-10-16(17)15-11-31-34(13-15)5-7-36-6-4-28/h1-3,8-9,11-13,16-17H,4-7,10,28H2,(H2,29,32)(H,30,33,35)/t16-,17+/m1/s1. The number of halogens is 2. The van der Waals surface area contributed by atoms with Crippen molar-refractivity contribution in [2.45, 2.75) is 18.9 Å². The smallest absolute Gasteiger partial charge is 0.229 e.